The summed E-state index contributed by atoms with van der Waals surface area (Å²) in [4.78, 5) is 0. The summed E-state index contributed by atoms with van der Waals surface area (Å²) in [7, 11) is 0. The highest BCUT2D eigenvalue weighted by Gasteiger charge is 1.99. The fourth-order valence-corrected chi connectivity index (χ4v) is 1.93. The monoisotopic (exact) mass is 298 g/mol. The highest BCUT2D eigenvalue weighted by atomic mass is 79.9. The van der Waals surface area contributed by atoms with Gasteiger partial charge in [-0.25, -0.2) is 0 Å². The van der Waals surface area contributed by atoms with Crippen molar-refractivity contribution in [1.29, 1.82) is 0 Å². The largest absolute Gasteiger partial charge is 0.477 e. The van der Waals surface area contributed by atoms with E-state index in [0.29, 0.717) is 0 Å². The van der Waals surface area contributed by atoms with Crippen molar-refractivity contribution in [3.8, 4) is 5.75 Å². The van der Waals surface area contributed by atoms with Gasteiger partial charge in [0.1, 0.15) is 5.75 Å². The van der Waals surface area contributed by atoms with E-state index in [9.17, 15) is 0 Å². The minimum atomic E-state index is 0.167. The van der Waals surface area contributed by atoms with E-state index in [4.69, 9.17) is 16.3 Å². The third-order valence-electron chi connectivity index (χ3n) is 1.10. The molecule has 60 valence electrons. The van der Waals surface area contributed by atoms with Crippen molar-refractivity contribution >= 4 is 43.5 Å². The summed E-state index contributed by atoms with van der Waals surface area (Å²) in [6, 6.07) is 5.81. The average Bonchev–Trinajstić information content (AvgIpc) is 1.95. The molecule has 0 saturated heterocycles. The van der Waals surface area contributed by atoms with E-state index >= 15 is 0 Å². The predicted octanol–water partition coefficient (Wildman–Crippen LogP) is 3.79. The van der Waals surface area contributed by atoms with Crippen LogP contribution >= 0.6 is 43.5 Å². The zero-order valence-electron chi connectivity index (χ0n) is 5.48. The summed E-state index contributed by atoms with van der Waals surface area (Å²) in [5, 5.41) is 0. The molecule has 1 nitrogen and oxygen atoms in total. The van der Waals surface area contributed by atoms with Crippen molar-refractivity contribution in [2.24, 2.45) is 0 Å². The summed E-state index contributed by atoms with van der Waals surface area (Å²) in [6.45, 7) is 0. The van der Waals surface area contributed by atoms with E-state index in [-0.39, 0.29) is 6.07 Å². The highest BCUT2D eigenvalue weighted by molar-refractivity contribution is 9.11. The van der Waals surface area contributed by atoms with Crippen LogP contribution in [0.15, 0.2) is 27.1 Å². The van der Waals surface area contributed by atoms with Crippen LogP contribution in [-0.2, 0) is 0 Å². The Morgan fingerprint density at radius 1 is 1.36 bits per heavy atom. The van der Waals surface area contributed by atoms with Crippen LogP contribution in [0.2, 0.25) is 0 Å². The van der Waals surface area contributed by atoms with Gasteiger partial charge >= 0.3 is 0 Å². The second kappa shape index (κ2) is 4.33. The number of alkyl halides is 1. The summed E-state index contributed by atoms with van der Waals surface area (Å²) in [5.74, 6) is 0.753. The first-order chi connectivity index (χ1) is 5.24. The summed E-state index contributed by atoms with van der Waals surface area (Å²) in [5.41, 5.74) is 0. The maximum absolute atomic E-state index is 5.39. The van der Waals surface area contributed by atoms with Crippen molar-refractivity contribution in [2.75, 3.05) is 6.07 Å². The molecule has 4 heteroatoms. The van der Waals surface area contributed by atoms with Crippen LogP contribution in [0.1, 0.15) is 0 Å². The molecule has 0 aliphatic carbocycles. The molecule has 0 fully saturated rings. The molecule has 11 heavy (non-hydrogen) atoms. The molecule has 0 amide bonds. The molecule has 0 aliphatic rings. The van der Waals surface area contributed by atoms with E-state index in [1.165, 1.54) is 0 Å². The molecule has 0 N–H and O–H groups in total. The minimum absolute atomic E-state index is 0.167. The van der Waals surface area contributed by atoms with Gasteiger partial charge in [0, 0.05) is 4.47 Å². The Morgan fingerprint density at radius 3 is 2.64 bits per heavy atom. The second-order valence-electron chi connectivity index (χ2n) is 1.83. The summed E-state index contributed by atoms with van der Waals surface area (Å²) >= 11 is 12.1. The van der Waals surface area contributed by atoms with Gasteiger partial charge in [-0.05, 0) is 34.1 Å². The molecule has 0 aliphatic heterocycles. The third kappa shape index (κ3) is 2.65. The number of hydrogen-bond acceptors (Lipinski definition) is 1. The Balaban J connectivity index is 2.90. The van der Waals surface area contributed by atoms with Gasteiger partial charge in [-0.2, -0.15) is 0 Å². The lowest BCUT2D eigenvalue weighted by molar-refractivity contribution is 0.385. The second-order valence-corrected chi connectivity index (χ2v) is 3.82. The molecule has 1 aromatic rings. The molecule has 1 rings (SSSR count). The van der Waals surface area contributed by atoms with Crippen LogP contribution in [-0.4, -0.2) is 6.07 Å². The van der Waals surface area contributed by atoms with Gasteiger partial charge < -0.3 is 4.74 Å². The van der Waals surface area contributed by atoms with Gasteiger partial charge in [-0.15, -0.1) is 0 Å². The molecular weight excluding hydrogens is 295 g/mol. The zero-order chi connectivity index (χ0) is 8.27. The van der Waals surface area contributed by atoms with Crippen LogP contribution < -0.4 is 4.74 Å². The molecule has 0 aromatic heterocycles. The molecule has 1 aromatic carbocycles. The van der Waals surface area contributed by atoms with Gasteiger partial charge in [0.25, 0.3) is 0 Å². The molecule has 0 unspecified atom stereocenters. The number of hydrogen-bond donors (Lipinski definition) is 0. The van der Waals surface area contributed by atoms with E-state index in [1.807, 2.05) is 18.2 Å². The molecule has 0 spiro atoms. The average molecular weight is 300 g/mol. The summed E-state index contributed by atoms with van der Waals surface area (Å²) < 4.78 is 6.99. The zero-order valence-corrected chi connectivity index (χ0v) is 9.41. The molecule has 0 atom stereocenters. The smallest absolute Gasteiger partial charge is 0.162 e. The van der Waals surface area contributed by atoms with Gasteiger partial charge in [0.15, 0.2) is 6.07 Å². The third-order valence-corrected chi connectivity index (χ3v) is 2.33. The number of halogens is 3. The molecule has 0 bridgehead atoms. The van der Waals surface area contributed by atoms with Gasteiger partial charge in [-0.1, -0.05) is 27.5 Å². The lowest BCUT2D eigenvalue weighted by Crippen LogP contribution is -1.89. The van der Waals surface area contributed by atoms with Crippen LogP contribution in [0.5, 0.6) is 5.75 Å². The highest BCUT2D eigenvalue weighted by Crippen LogP contribution is 2.28. The first-order valence-electron chi connectivity index (χ1n) is 2.88. The van der Waals surface area contributed by atoms with Crippen LogP contribution in [0.3, 0.4) is 0 Å². The van der Waals surface area contributed by atoms with E-state index in [0.717, 1.165) is 14.7 Å². The minimum Gasteiger partial charge on any atom is -0.477 e. The van der Waals surface area contributed by atoms with Crippen molar-refractivity contribution < 1.29 is 4.74 Å². The molecule has 0 radical (unpaired) electrons. The Bertz CT molecular complexity index is 252. The van der Waals surface area contributed by atoms with Crippen LogP contribution in [0.25, 0.3) is 0 Å². The molecular formula is C7H5Br2ClO. The number of rotatable bonds is 2. The fourth-order valence-electron chi connectivity index (χ4n) is 0.651. The van der Waals surface area contributed by atoms with E-state index in [1.54, 1.807) is 0 Å². The maximum atomic E-state index is 5.39. The molecule has 0 heterocycles. The van der Waals surface area contributed by atoms with E-state index in [2.05, 4.69) is 31.9 Å². The Hall–Kier alpha value is 0.270. The van der Waals surface area contributed by atoms with Crippen molar-refractivity contribution in [1.82, 2.24) is 0 Å². The quantitative estimate of drug-likeness (QED) is 0.755. The standard InChI is InChI=1S/C7H5Br2ClO/c8-5-1-2-7(11-4-10)6(9)3-5/h1-3H,4H2. The Labute approximate surface area is 86.9 Å². The summed E-state index contributed by atoms with van der Waals surface area (Å²) in [6.07, 6.45) is 0. The van der Waals surface area contributed by atoms with Crippen molar-refractivity contribution in [2.45, 2.75) is 0 Å². The normalized spacial score (nSPS) is 9.73. The van der Waals surface area contributed by atoms with Crippen LogP contribution in [0, 0.1) is 0 Å². The first-order valence-corrected chi connectivity index (χ1v) is 5.00. The lowest BCUT2D eigenvalue weighted by Gasteiger charge is -2.03. The topological polar surface area (TPSA) is 9.23 Å². The van der Waals surface area contributed by atoms with Gasteiger partial charge in [0.2, 0.25) is 0 Å². The predicted molar refractivity (Wildman–Crippen MR) is 53.2 cm³/mol. The number of ether oxygens (including phenoxy) is 1. The van der Waals surface area contributed by atoms with Crippen LogP contribution in [0.4, 0.5) is 0 Å². The first kappa shape index (κ1) is 9.36. The van der Waals surface area contributed by atoms with Gasteiger partial charge in [0.05, 0.1) is 4.47 Å². The SMILES string of the molecule is ClCOc1ccc(Br)cc1Br. The van der Waals surface area contributed by atoms with E-state index < -0.39 is 0 Å². The number of benzene rings is 1. The van der Waals surface area contributed by atoms with Crippen molar-refractivity contribution in [3.63, 3.8) is 0 Å². The van der Waals surface area contributed by atoms with Gasteiger partial charge in [-0.3, -0.25) is 0 Å². The Morgan fingerprint density at radius 2 is 2.09 bits per heavy atom. The fraction of sp³-hybridized carbons (Fsp3) is 0.143. The maximum Gasteiger partial charge on any atom is 0.162 e. The van der Waals surface area contributed by atoms with Crippen molar-refractivity contribution in [3.05, 3.63) is 27.1 Å². The molecule has 0 saturated carbocycles. The lowest BCUT2D eigenvalue weighted by atomic mass is 10.3. The Kier molecular flexibility index (Phi) is 3.69.